The summed E-state index contributed by atoms with van der Waals surface area (Å²) in [6.07, 6.45) is -2.50. The maximum atomic E-state index is 12.6. The van der Waals surface area contributed by atoms with E-state index >= 15 is 0 Å². The van der Waals surface area contributed by atoms with Gasteiger partial charge in [0, 0.05) is 5.69 Å². The van der Waals surface area contributed by atoms with Crippen molar-refractivity contribution >= 4 is 11.7 Å². The van der Waals surface area contributed by atoms with Crippen molar-refractivity contribution in [2.24, 2.45) is 5.92 Å². The molecule has 1 saturated heterocycles. The van der Waals surface area contributed by atoms with Gasteiger partial charge in [0.15, 0.2) is 0 Å². The normalized spacial score (nSPS) is 20.9. The first-order valence-electron chi connectivity index (χ1n) is 6.73. The van der Waals surface area contributed by atoms with Crippen molar-refractivity contribution in [2.75, 3.05) is 18.4 Å². The first kappa shape index (κ1) is 14.2. The van der Waals surface area contributed by atoms with Crippen LogP contribution in [0.3, 0.4) is 0 Å². The third kappa shape index (κ3) is 2.83. The van der Waals surface area contributed by atoms with E-state index in [0.29, 0.717) is 0 Å². The first-order chi connectivity index (χ1) is 9.78. The Morgan fingerprint density at radius 1 is 1.33 bits per heavy atom. The second-order valence-electron chi connectivity index (χ2n) is 5.74. The van der Waals surface area contributed by atoms with Gasteiger partial charge in [-0.2, -0.15) is 13.2 Å². The molecule has 0 atom stereocenters. The van der Waals surface area contributed by atoms with Crippen LogP contribution in [0.4, 0.5) is 23.7 Å². The van der Waals surface area contributed by atoms with Crippen LogP contribution in [0, 0.1) is 5.92 Å². The molecule has 1 heterocycles. The van der Waals surface area contributed by atoms with Gasteiger partial charge in [0.25, 0.3) is 0 Å². The molecule has 21 heavy (non-hydrogen) atoms. The number of hydrogen-bond acceptors (Lipinski definition) is 2. The Kier molecular flexibility index (Phi) is 3.12. The van der Waals surface area contributed by atoms with Gasteiger partial charge < -0.3 is 15.3 Å². The highest BCUT2D eigenvalue weighted by Crippen LogP contribution is 2.44. The highest BCUT2D eigenvalue weighted by atomic mass is 19.4. The minimum absolute atomic E-state index is 0.0942. The number of nitrogens with zero attached hydrogens (tertiary/aromatic N) is 1. The molecule has 0 bridgehead atoms. The summed E-state index contributed by atoms with van der Waals surface area (Å²) in [5.74, 6) is 0.259. The monoisotopic (exact) mass is 300 g/mol. The van der Waals surface area contributed by atoms with Gasteiger partial charge in [-0.3, -0.25) is 0 Å². The SMILES string of the molecule is O=C(Nc1cccc(C(F)(F)F)c1)N1CC(O)(C2CC2)C1. The second kappa shape index (κ2) is 4.62. The molecule has 1 aromatic rings. The Morgan fingerprint density at radius 3 is 2.57 bits per heavy atom. The zero-order chi connectivity index (χ0) is 15.3. The van der Waals surface area contributed by atoms with Crippen LogP contribution >= 0.6 is 0 Å². The van der Waals surface area contributed by atoms with E-state index in [1.54, 1.807) is 0 Å². The van der Waals surface area contributed by atoms with Crippen LogP contribution in [0.1, 0.15) is 18.4 Å². The Hall–Kier alpha value is -1.76. The van der Waals surface area contributed by atoms with Crippen molar-refractivity contribution in [3.05, 3.63) is 29.8 Å². The lowest BCUT2D eigenvalue weighted by atomic mass is 9.89. The molecule has 2 aliphatic rings. The van der Waals surface area contributed by atoms with Gasteiger partial charge in [-0.25, -0.2) is 4.79 Å². The number of anilines is 1. The summed E-state index contributed by atoms with van der Waals surface area (Å²) in [5, 5.41) is 12.5. The molecular weight excluding hydrogens is 285 g/mol. The maximum absolute atomic E-state index is 12.6. The van der Waals surface area contributed by atoms with E-state index in [1.807, 2.05) is 0 Å². The standard InChI is InChI=1S/C14H15F3N2O2/c15-14(16,17)10-2-1-3-11(6-10)18-12(20)19-7-13(21,8-19)9-4-5-9/h1-3,6,9,21H,4-5,7-8H2,(H,18,20). The average Bonchev–Trinajstić information content (AvgIpc) is 3.18. The van der Waals surface area contributed by atoms with Gasteiger partial charge in [-0.15, -0.1) is 0 Å². The molecule has 4 nitrogen and oxygen atoms in total. The van der Waals surface area contributed by atoms with Crippen molar-refractivity contribution in [1.29, 1.82) is 0 Å². The molecule has 0 aromatic heterocycles. The molecule has 2 N–H and O–H groups in total. The molecule has 1 saturated carbocycles. The lowest BCUT2D eigenvalue weighted by Crippen LogP contribution is -2.65. The number of carbonyl (C=O) groups is 1. The molecule has 7 heteroatoms. The van der Waals surface area contributed by atoms with E-state index in [0.717, 1.165) is 25.0 Å². The smallest absolute Gasteiger partial charge is 0.386 e. The first-order valence-corrected chi connectivity index (χ1v) is 6.73. The fraction of sp³-hybridized carbons (Fsp3) is 0.500. The van der Waals surface area contributed by atoms with E-state index in [1.165, 1.54) is 17.0 Å². The summed E-state index contributed by atoms with van der Waals surface area (Å²) in [4.78, 5) is 13.3. The number of hydrogen-bond donors (Lipinski definition) is 2. The predicted molar refractivity (Wildman–Crippen MR) is 69.7 cm³/mol. The molecule has 1 aliphatic heterocycles. The lowest BCUT2D eigenvalue weighted by Gasteiger charge is -2.46. The van der Waals surface area contributed by atoms with Crippen molar-refractivity contribution < 1.29 is 23.1 Å². The van der Waals surface area contributed by atoms with Crippen LogP contribution in [0.5, 0.6) is 0 Å². The number of alkyl halides is 3. The summed E-state index contributed by atoms with van der Waals surface area (Å²) in [6.45, 7) is 0.477. The van der Waals surface area contributed by atoms with Gasteiger partial charge in [-0.1, -0.05) is 6.07 Å². The zero-order valence-corrected chi connectivity index (χ0v) is 11.2. The molecule has 2 fully saturated rings. The van der Waals surface area contributed by atoms with E-state index in [-0.39, 0.29) is 24.7 Å². The molecule has 0 radical (unpaired) electrons. The second-order valence-corrected chi connectivity index (χ2v) is 5.74. The number of halogens is 3. The largest absolute Gasteiger partial charge is 0.416 e. The summed E-state index contributed by atoms with van der Waals surface area (Å²) in [6, 6.07) is 4.00. The lowest BCUT2D eigenvalue weighted by molar-refractivity contribution is -0.137. The number of nitrogens with one attached hydrogen (secondary N) is 1. The van der Waals surface area contributed by atoms with Gasteiger partial charge in [0.05, 0.1) is 18.7 Å². The summed E-state index contributed by atoms with van der Waals surface area (Å²) in [5.41, 5.74) is -1.51. The van der Waals surface area contributed by atoms with Crippen LogP contribution in [0.15, 0.2) is 24.3 Å². The van der Waals surface area contributed by atoms with Gasteiger partial charge >= 0.3 is 12.2 Å². The molecule has 3 rings (SSSR count). The minimum atomic E-state index is -4.44. The van der Waals surface area contributed by atoms with Crippen molar-refractivity contribution in [3.63, 3.8) is 0 Å². The zero-order valence-electron chi connectivity index (χ0n) is 11.2. The molecule has 0 spiro atoms. The van der Waals surface area contributed by atoms with E-state index in [2.05, 4.69) is 5.32 Å². The minimum Gasteiger partial charge on any atom is -0.386 e. The Labute approximate surface area is 119 Å². The highest BCUT2D eigenvalue weighted by molar-refractivity contribution is 5.90. The number of carbonyl (C=O) groups excluding carboxylic acids is 1. The fourth-order valence-corrected chi connectivity index (χ4v) is 2.61. The summed E-state index contributed by atoms with van der Waals surface area (Å²) >= 11 is 0. The number of aliphatic hydroxyl groups is 1. The third-order valence-corrected chi connectivity index (χ3v) is 3.99. The number of β-amino-alcohol motifs (C(OH)–C–C–N with tert-alkyl or cyclic N) is 1. The summed E-state index contributed by atoms with van der Waals surface area (Å²) in [7, 11) is 0. The average molecular weight is 300 g/mol. The van der Waals surface area contributed by atoms with Gasteiger partial charge in [-0.05, 0) is 37.0 Å². The third-order valence-electron chi connectivity index (χ3n) is 3.99. The quantitative estimate of drug-likeness (QED) is 0.882. The van der Waals surface area contributed by atoms with Crippen molar-refractivity contribution in [1.82, 2.24) is 4.90 Å². The number of urea groups is 1. The molecule has 1 aromatic carbocycles. The number of amides is 2. The topological polar surface area (TPSA) is 52.6 Å². The van der Waals surface area contributed by atoms with Crippen LogP contribution in [-0.2, 0) is 6.18 Å². The predicted octanol–water partition coefficient (Wildman–Crippen LogP) is 2.69. The van der Waals surface area contributed by atoms with Crippen LogP contribution in [-0.4, -0.2) is 34.7 Å². The van der Waals surface area contributed by atoms with Crippen molar-refractivity contribution in [2.45, 2.75) is 24.6 Å². The van der Waals surface area contributed by atoms with Gasteiger partial charge in [0.1, 0.15) is 5.60 Å². The molecule has 0 unspecified atom stereocenters. The van der Waals surface area contributed by atoms with Crippen LogP contribution in [0.25, 0.3) is 0 Å². The number of rotatable bonds is 2. The fourth-order valence-electron chi connectivity index (χ4n) is 2.61. The number of likely N-dealkylation sites (tertiary alicyclic amines) is 1. The highest BCUT2D eigenvalue weighted by Gasteiger charge is 2.53. The van der Waals surface area contributed by atoms with Crippen LogP contribution in [0.2, 0.25) is 0 Å². The number of benzene rings is 1. The van der Waals surface area contributed by atoms with Crippen LogP contribution < -0.4 is 5.32 Å². The van der Waals surface area contributed by atoms with Crippen molar-refractivity contribution in [3.8, 4) is 0 Å². The molecule has 1 aliphatic carbocycles. The maximum Gasteiger partial charge on any atom is 0.416 e. The Morgan fingerprint density at radius 2 is 2.00 bits per heavy atom. The van der Waals surface area contributed by atoms with E-state index in [9.17, 15) is 23.1 Å². The van der Waals surface area contributed by atoms with E-state index < -0.39 is 23.4 Å². The Bertz CT molecular complexity index is 564. The molecule has 2 amide bonds. The van der Waals surface area contributed by atoms with Gasteiger partial charge in [0.2, 0.25) is 0 Å². The molecule has 114 valence electrons. The Balaban J connectivity index is 1.61. The molecular formula is C14H15F3N2O2. The van der Waals surface area contributed by atoms with E-state index in [4.69, 9.17) is 0 Å². The summed E-state index contributed by atoms with van der Waals surface area (Å²) < 4.78 is 37.7.